The van der Waals surface area contributed by atoms with E-state index in [0.717, 1.165) is 19.0 Å². The van der Waals surface area contributed by atoms with Gasteiger partial charge in [-0.2, -0.15) is 0 Å². The largest absolute Gasteiger partial charge is 0.328 e. The van der Waals surface area contributed by atoms with Gasteiger partial charge in [0.1, 0.15) is 5.69 Å². The molecule has 4 rings (SSSR count). The second kappa shape index (κ2) is 10.1. The van der Waals surface area contributed by atoms with Crippen LogP contribution in [0.2, 0.25) is 0 Å². The number of nitrogens with one attached hydrogen (secondary N) is 3. The van der Waals surface area contributed by atoms with Crippen molar-refractivity contribution in [2.45, 2.75) is 6.92 Å². The molecule has 0 bridgehead atoms. The minimum Gasteiger partial charge on any atom is -0.321 e. The zero-order valence-corrected chi connectivity index (χ0v) is 22.4. The first-order valence-corrected chi connectivity index (χ1v) is 12.4. The van der Waals surface area contributed by atoms with Crippen molar-refractivity contribution in [1.29, 1.82) is 0 Å². The average Bonchev–Trinajstić information content (AvgIpc) is 3.13. The van der Waals surface area contributed by atoms with E-state index in [2.05, 4.69) is 63.8 Å². The van der Waals surface area contributed by atoms with Crippen LogP contribution in [0.15, 0.2) is 80.1 Å². The Morgan fingerprint density at radius 3 is 2.24 bits per heavy atom. The number of nitrogens with zero attached hydrogens (tertiary/aromatic N) is 1. The molecule has 0 saturated heterocycles. The predicted octanol–water partition coefficient (Wildman–Crippen LogP) is 6.20. The molecular formula is C24H17Br3N4O3. The average molecular weight is 649 g/mol. The molecule has 0 radical (unpaired) electrons. The Morgan fingerprint density at radius 2 is 1.50 bits per heavy atom. The fourth-order valence-corrected chi connectivity index (χ4v) is 4.32. The smallest absolute Gasteiger partial charge is 0.321 e. The van der Waals surface area contributed by atoms with Gasteiger partial charge in [-0.15, -0.1) is 0 Å². The van der Waals surface area contributed by atoms with Gasteiger partial charge in [0.05, 0.1) is 5.52 Å². The number of benzene rings is 3. The van der Waals surface area contributed by atoms with Gasteiger partial charge in [-0.1, -0.05) is 53.9 Å². The Bertz CT molecular complexity index is 1450. The molecule has 34 heavy (non-hydrogen) atoms. The molecule has 3 aromatic carbocycles. The molecule has 0 unspecified atom stereocenters. The van der Waals surface area contributed by atoms with Crippen molar-refractivity contribution in [2.75, 3.05) is 16.1 Å². The first-order valence-electron chi connectivity index (χ1n) is 9.97. The molecule has 3 amide bonds. The lowest BCUT2D eigenvalue weighted by molar-refractivity contribution is -0.133. The van der Waals surface area contributed by atoms with Gasteiger partial charge in [-0.05, 0) is 73.2 Å². The molecule has 7 nitrogen and oxygen atoms in total. The van der Waals surface area contributed by atoms with Crippen molar-refractivity contribution in [2.24, 2.45) is 0 Å². The van der Waals surface area contributed by atoms with E-state index in [1.54, 1.807) is 48.5 Å². The number of fused-ring (bicyclic) bond motifs is 1. The number of hydrogen-bond donors (Lipinski definition) is 3. The van der Waals surface area contributed by atoms with Crippen molar-refractivity contribution < 1.29 is 14.4 Å². The van der Waals surface area contributed by atoms with Gasteiger partial charge in [-0.25, -0.2) is 4.68 Å². The SMILES string of the molecule is Cc1cc(NC(=O)c2cc3cc(Br)ccc3n2NC(=O)C(=O)Nc2cccc(Br)c2)ccc1Br. The van der Waals surface area contributed by atoms with Crippen LogP contribution in [0, 0.1) is 6.92 Å². The Balaban J connectivity index is 1.63. The number of aryl methyl sites for hydroxylation is 1. The maximum absolute atomic E-state index is 13.2. The van der Waals surface area contributed by atoms with E-state index in [1.807, 2.05) is 25.1 Å². The molecule has 0 atom stereocenters. The normalized spacial score (nSPS) is 10.7. The molecule has 0 aliphatic heterocycles. The summed E-state index contributed by atoms with van der Waals surface area (Å²) in [5.74, 6) is -2.23. The lowest BCUT2D eigenvalue weighted by atomic mass is 10.2. The molecule has 0 fully saturated rings. The summed E-state index contributed by atoms with van der Waals surface area (Å²) >= 11 is 10.2. The number of rotatable bonds is 4. The van der Waals surface area contributed by atoms with E-state index in [-0.39, 0.29) is 5.69 Å². The number of halogens is 3. The maximum atomic E-state index is 13.2. The molecule has 3 N–H and O–H groups in total. The summed E-state index contributed by atoms with van der Waals surface area (Å²) in [6.45, 7) is 1.92. The van der Waals surface area contributed by atoms with Gasteiger partial charge in [0, 0.05) is 30.2 Å². The van der Waals surface area contributed by atoms with Crippen LogP contribution in [-0.4, -0.2) is 22.4 Å². The minimum atomic E-state index is -0.922. The Hall–Kier alpha value is -2.95. The standard InChI is InChI=1S/C24H17Br3N4O3/c1-13-9-18(6-7-19(13)27)28-22(32)21-11-14-10-16(26)5-8-20(14)31(21)30-24(34)23(33)29-17-4-2-3-15(25)12-17/h2-12H,1H3,(H,28,32)(H,29,33)(H,30,34). The number of anilines is 2. The molecule has 4 aromatic rings. The lowest BCUT2D eigenvalue weighted by Crippen LogP contribution is -2.36. The molecule has 10 heteroatoms. The fraction of sp³-hybridized carbons (Fsp3) is 0.0417. The highest BCUT2D eigenvalue weighted by Gasteiger charge is 2.21. The summed E-state index contributed by atoms with van der Waals surface area (Å²) in [6.07, 6.45) is 0. The van der Waals surface area contributed by atoms with E-state index < -0.39 is 17.7 Å². The van der Waals surface area contributed by atoms with Gasteiger partial charge in [0.25, 0.3) is 5.91 Å². The molecule has 1 aromatic heterocycles. The van der Waals surface area contributed by atoms with E-state index in [1.165, 1.54) is 4.68 Å². The summed E-state index contributed by atoms with van der Waals surface area (Å²) in [5.41, 5.74) is 5.28. The lowest BCUT2D eigenvalue weighted by Gasteiger charge is -2.13. The number of amides is 3. The molecular weight excluding hydrogens is 632 g/mol. The zero-order valence-electron chi connectivity index (χ0n) is 17.7. The van der Waals surface area contributed by atoms with Crippen molar-refractivity contribution in [3.05, 3.63) is 91.4 Å². The number of hydrogen-bond acceptors (Lipinski definition) is 3. The second-order valence-electron chi connectivity index (χ2n) is 7.39. The molecule has 0 saturated carbocycles. The van der Waals surface area contributed by atoms with Crippen LogP contribution >= 0.6 is 47.8 Å². The van der Waals surface area contributed by atoms with Crippen molar-refractivity contribution in [1.82, 2.24) is 4.68 Å². The van der Waals surface area contributed by atoms with Crippen LogP contribution in [0.25, 0.3) is 10.9 Å². The fourth-order valence-electron chi connectivity index (χ4n) is 3.30. The topological polar surface area (TPSA) is 92.2 Å². The zero-order chi connectivity index (χ0) is 24.4. The predicted molar refractivity (Wildman–Crippen MR) is 144 cm³/mol. The van der Waals surface area contributed by atoms with Gasteiger partial charge < -0.3 is 10.6 Å². The Morgan fingerprint density at radius 1 is 0.765 bits per heavy atom. The summed E-state index contributed by atoms with van der Waals surface area (Å²) in [4.78, 5) is 38.4. The van der Waals surface area contributed by atoms with E-state index in [9.17, 15) is 14.4 Å². The summed E-state index contributed by atoms with van der Waals surface area (Å²) in [7, 11) is 0. The quantitative estimate of drug-likeness (QED) is 0.230. The first-order chi connectivity index (χ1) is 16.2. The third-order valence-corrected chi connectivity index (χ3v) is 6.79. The molecule has 0 aliphatic carbocycles. The van der Waals surface area contributed by atoms with Crippen LogP contribution < -0.4 is 16.1 Å². The maximum Gasteiger partial charge on any atom is 0.328 e. The Kier molecular flexibility index (Phi) is 7.20. The molecule has 1 heterocycles. The van der Waals surface area contributed by atoms with Crippen molar-refractivity contribution in [3.63, 3.8) is 0 Å². The van der Waals surface area contributed by atoms with E-state index in [4.69, 9.17) is 0 Å². The van der Waals surface area contributed by atoms with Gasteiger partial charge in [0.2, 0.25) is 0 Å². The highest BCUT2D eigenvalue weighted by atomic mass is 79.9. The van der Waals surface area contributed by atoms with Crippen LogP contribution in [-0.2, 0) is 9.59 Å². The van der Waals surface area contributed by atoms with Crippen molar-refractivity contribution in [3.8, 4) is 0 Å². The summed E-state index contributed by atoms with van der Waals surface area (Å²) in [5, 5.41) is 6.09. The van der Waals surface area contributed by atoms with Crippen LogP contribution in [0.4, 0.5) is 11.4 Å². The third-order valence-electron chi connectivity index (χ3n) is 4.91. The van der Waals surface area contributed by atoms with Gasteiger partial charge in [-0.3, -0.25) is 19.8 Å². The molecule has 0 aliphatic rings. The third kappa shape index (κ3) is 5.40. The molecule has 172 valence electrons. The summed E-state index contributed by atoms with van der Waals surface area (Å²) in [6, 6.07) is 19.3. The number of aromatic nitrogens is 1. The highest BCUT2D eigenvalue weighted by Crippen LogP contribution is 2.25. The summed E-state index contributed by atoms with van der Waals surface area (Å²) < 4.78 is 3.81. The number of carbonyl (C=O) groups is 3. The first kappa shape index (κ1) is 24.2. The van der Waals surface area contributed by atoms with Gasteiger partial charge in [0.15, 0.2) is 0 Å². The van der Waals surface area contributed by atoms with Crippen molar-refractivity contribution >= 4 is 87.8 Å². The van der Waals surface area contributed by atoms with Crippen LogP contribution in [0.3, 0.4) is 0 Å². The van der Waals surface area contributed by atoms with Gasteiger partial charge >= 0.3 is 11.8 Å². The minimum absolute atomic E-state index is 0.164. The van der Waals surface area contributed by atoms with E-state index in [0.29, 0.717) is 22.3 Å². The highest BCUT2D eigenvalue weighted by molar-refractivity contribution is 9.11. The second-order valence-corrected chi connectivity index (χ2v) is 10.1. The van der Waals surface area contributed by atoms with Crippen LogP contribution in [0.1, 0.15) is 16.1 Å². The Labute approximate surface area is 220 Å². The number of carbonyl (C=O) groups excluding carboxylic acids is 3. The van der Waals surface area contributed by atoms with E-state index >= 15 is 0 Å². The monoisotopic (exact) mass is 646 g/mol. The van der Waals surface area contributed by atoms with Crippen LogP contribution in [0.5, 0.6) is 0 Å². The molecule has 0 spiro atoms.